The molecule has 0 saturated carbocycles. The first-order valence-corrected chi connectivity index (χ1v) is 8.90. The van der Waals surface area contributed by atoms with Crippen molar-refractivity contribution in [2.24, 2.45) is 0 Å². The van der Waals surface area contributed by atoms with Crippen molar-refractivity contribution in [3.8, 4) is 0 Å². The molecule has 2 rings (SSSR count). The second-order valence-electron chi connectivity index (χ2n) is 5.96. The van der Waals surface area contributed by atoms with Gasteiger partial charge in [0.2, 0.25) is 0 Å². The van der Waals surface area contributed by atoms with Crippen molar-refractivity contribution in [2.45, 2.75) is 39.3 Å². The predicted octanol–water partition coefficient (Wildman–Crippen LogP) is 1.87. The molecule has 1 aliphatic rings. The lowest BCUT2D eigenvalue weighted by Crippen LogP contribution is -2.86. The van der Waals surface area contributed by atoms with Crippen LogP contribution in [0.1, 0.15) is 38.8 Å². The van der Waals surface area contributed by atoms with Crippen molar-refractivity contribution in [2.75, 3.05) is 13.2 Å². The van der Waals surface area contributed by atoms with Gasteiger partial charge in [-0.1, -0.05) is 30.7 Å². The summed E-state index contributed by atoms with van der Waals surface area (Å²) < 4.78 is 5.17. The summed E-state index contributed by atoms with van der Waals surface area (Å²) in [6, 6.07) is 7.16. The van der Waals surface area contributed by atoms with Gasteiger partial charge in [0.15, 0.2) is 0 Å². The minimum Gasteiger partial charge on any atom is -0.463 e. The fraction of sp³-hybridized carbons (Fsp3) is 0.444. The molecule has 2 amide bonds. The molecule has 0 aliphatic carbocycles. The molecule has 0 fully saturated rings. The largest absolute Gasteiger partial charge is 0.463 e. The summed E-state index contributed by atoms with van der Waals surface area (Å²) in [5.41, 5.74) is 2.18. The first-order chi connectivity index (χ1) is 12.0. The highest BCUT2D eigenvalue weighted by Crippen LogP contribution is 2.17. The zero-order valence-electron chi connectivity index (χ0n) is 14.8. The van der Waals surface area contributed by atoms with Crippen molar-refractivity contribution < 1.29 is 19.6 Å². The Morgan fingerprint density at radius 2 is 2.16 bits per heavy atom. The van der Waals surface area contributed by atoms with Gasteiger partial charge in [-0.25, -0.2) is 9.59 Å². The molecular weight excluding hydrogens is 342 g/mol. The number of rotatable bonds is 7. The standard InChI is InChI=1S/C18H24ClN3O3/c1-4-14-16(17(23)25-5-2)15(22-18(24)21-14)10-20-11(3)12-7-6-8-13(19)9-12/h6-9,11,14,20H,4-5,10H2,1-3H3,(H2,21,22,24)/p+1/t11-,14-/m0/s1. The first-order valence-electron chi connectivity index (χ1n) is 8.52. The number of nitrogens with one attached hydrogen (secondary N) is 2. The molecule has 7 heteroatoms. The van der Waals surface area contributed by atoms with E-state index in [0.717, 1.165) is 5.56 Å². The van der Waals surface area contributed by atoms with Crippen LogP contribution in [0.4, 0.5) is 4.79 Å². The molecule has 4 N–H and O–H groups in total. The minimum absolute atomic E-state index is 0.126. The Morgan fingerprint density at radius 3 is 2.80 bits per heavy atom. The van der Waals surface area contributed by atoms with Gasteiger partial charge in [0.05, 0.1) is 23.9 Å². The molecule has 0 unspecified atom stereocenters. The Bertz CT molecular complexity index is 675. The molecule has 136 valence electrons. The molecule has 1 aliphatic heterocycles. The van der Waals surface area contributed by atoms with Crippen molar-refractivity contribution in [1.29, 1.82) is 0 Å². The van der Waals surface area contributed by atoms with Crippen molar-refractivity contribution in [1.82, 2.24) is 10.6 Å². The number of halogens is 1. The topological polar surface area (TPSA) is 84.0 Å². The van der Waals surface area contributed by atoms with E-state index in [-0.39, 0.29) is 24.1 Å². The summed E-state index contributed by atoms with van der Waals surface area (Å²) in [5.74, 6) is -0.388. The number of benzene rings is 1. The Morgan fingerprint density at radius 1 is 1.40 bits per heavy atom. The van der Waals surface area contributed by atoms with Crippen LogP contribution in [0.2, 0.25) is 5.02 Å². The fourth-order valence-electron chi connectivity index (χ4n) is 2.84. The molecule has 0 aromatic heterocycles. The molecule has 1 aromatic rings. The van der Waals surface area contributed by atoms with E-state index in [9.17, 15) is 9.59 Å². The predicted molar refractivity (Wildman–Crippen MR) is 96.1 cm³/mol. The van der Waals surface area contributed by atoms with Gasteiger partial charge >= 0.3 is 12.0 Å². The molecule has 2 atom stereocenters. The maximum atomic E-state index is 12.3. The van der Waals surface area contributed by atoms with E-state index in [0.29, 0.717) is 35.9 Å². The molecule has 6 nitrogen and oxygen atoms in total. The summed E-state index contributed by atoms with van der Waals surface area (Å²) >= 11 is 6.04. The molecule has 0 saturated heterocycles. The van der Waals surface area contributed by atoms with Crippen LogP contribution in [0.15, 0.2) is 35.5 Å². The van der Waals surface area contributed by atoms with E-state index in [4.69, 9.17) is 16.3 Å². The molecule has 0 radical (unpaired) electrons. The molecule has 25 heavy (non-hydrogen) atoms. The van der Waals surface area contributed by atoms with Gasteiger partial charge in [-0.05, 0) is 32.4 Å². The molecule has 1 aromatic carbocycles. The van der Waals surface area contributed by atoms with Crippen LogP contribution in [-0.2, 0) is 9.53 Å². The number of hydrogen-bond acceptors (Lipinski definition) is 3. The van der Waals surface area contributed by atoms with Crippen LogP contribution in [-0.4, -0.2) is 31.2 Å². The second kappa shape index (κ2) is 8.87. The Balaban J connectivity index is 2.19. The highest BCUT2D eigenvalue weighted by atomic mass is 35.5. The van der Waals surface area contributed by atoms with Crippen molar-refractivity contribution >= 4 is 23.6 Å². The number of esters is 1. The number of nitrogens with two attached hydrogens (primary N) is 1. The van der Waals surface area contributed by atoms with E-state index in [2.05, 4.69) is 22.9 Å². The van der Waals surface area contributed by atoms with E-state index in [1.165, 1.54) is 0 Å². The van der Waals surface area contributed by atoms with Crippen LogP contribution in [0, 0.1) is 0 Å². The molecule has 0 bridgehead atoms. The van der Waals surface area contributed by atoms with Gasteiger partial charge in [0, 0.05) is 10.6 Å². The zero-order valence-corrected chi connectivity index (χ0v) is 15.5. The molecular formula is C18H25ClN3O3+. The van der Waals surface area contributed by atoms with Crippen LogP contribution < -0.4 is 16.0 Å². The van der Waals surface area contributed by atoms with Crippen LogP contribution in [0.3, 0.4) is 0 Å². The summed E-state index contributed by atoms with van der Waals surface area (Å²) in [5, 5.41) is 8.27. The van der Waals surface area contributed by atoms with E-state index in [1.54, 1.807) is 6.92 Å². The highest BCUT2D eigenvalue weighted by Gasteiger charge is 2.32. The summed E-state index contributed by atoms with van der Waals surface area (Å²) in [4.78, 5) is 24.2. The maximum absolute atomic E-state index is 12.3. The van der Waals surface area contributed by atoms with Crippen molar-refractivity contribution in [3.63, 3.8) is 0 Å². The summed E-state index contributed by atoms with van der Waals surface area (Å²) in [7, 11) is 0. The summed E-state index contributed by atoms with van der Waals surface area (Å²) in [6.07, 6.45) is 0.620. The fourth-order valence-corrected chi connectivity index (χ4v) is 3.04. The average Bonchev–Trinajstić information content (AvgIpc) is 2.59. The average molecular weight is 367 g/mol. The number of hydrogen-bond donors (Lipinski definition) is 3. The number of ether oxygens (including phenoxy) is 1. The smallest absolute Gasteiger partial charge is 0.338 e. The lowest BCUT2D eigenvalue weighted by atomic mass is 10.00. The number of amides is 2. The van der Waals surface area contributed by atoms with Gasteiger partial charge in [0.25, 0.3) is 0 Å². The van der Waals surface area contributed by atoms with Gasteiger partial charge in [-0.15, -0.1) is 0 Å². The van der Waals surface area contributed by atoms with Gasteiger partial charge in [0.1, 0.15) is 12.6 Å². The van der Waals surface area contributed by atoms with Gasteiger partial charge in [-0.3, -0.25) is 0 Å². The second-order valence-corrected chi connectivity index (χ2v) is 6.39. The SMILES string of the molecule is CCOC(=O)C1=C(C[NH2+][C@@H](C)c2cccc(Cl)c2)NC(=O)N[C@H]1CC. The minimum atomic E-state index is -0.388. The number of quaternary nitrogens is 1. The zero-order chi connectivity index (χ0) is 18.4. The number of urea groups is 1. The molecule has 0 spiro atoms. The monoisotopic (exact) mass is 366 g/mol. The van der Waals surface area contributed by atoms with Gasteiger partial charge < -0.3 is 20.7 Å². The highest BCUT2D eigenvalue weighted by molar-refractivity contribution is 6.30. The van der Waals surface area contributed by atoms with Crippen LogP contribution >= 0.6 is 11.6 Å². The Kier molecular flexibility index (Phi) is 6.84. The van der Waals surface area contributed by atoms with E-state index < -0.39 is 0 Å². The third-order valence-electron chi connectivity index (χ3n) is 4.20. The first kappa shape index (κ1) is 19.3. The van der Waals surface area contributed by atoms with E-state index >= 15 is 0 Å². The lowest BCUT2D eigenvalue weighted by molar-refractivity contribution is -0.686. The maximum Gasteiger partial charge on any atom is 0.338 e. The Labute approximate surface area is 153 Å². The van der Waals surface area contributed by atoms with Gasteiger partial charge in [-0.2, -0.15) is 0 Å². The van der Waals surface area contributed by atoms with E-state index in [1.807, 2.05) is 31.2 Å². The lowest BCUT2D eigenvalue weighted by Gasteiger charge is -2.28. The number of carbonyl (C=O) groups excluding carboxylic acids is 2. The third kappa shape index (κ3) is 4.96. The van der Waals surface area contributed by atoms with Crippen LogP contribution in [0.25, 0.3) is 0 Å². The van der Waals surface area contributed by atoms with Crippen LogP contribution in [0.5, 0.6) is 0 Å². The Hall–Kier alpha value is -2.05. The summed E-state index contributed by atoms with van der Waals surface area (Å²) in [6.45, 7) is 6.50. The molecule has 1 heterocycles. The normalized spacial score (nSPS) is 18.4. The third-order valence-corrected chi connectivity index (χ3v) is 4.43. The quantitative estimate of drug-likeness (QED) is 0.644. The number of carbonyl (C=O) groups is 2. The van der Waals surface area contributed by atoms with Crippen molar-refractivity contribution in [3.05, 3.63) is 46.1 Å².